The van der Waals surface area contributed by atoms with Gasteiger partial charge in [-0.2, -0.15) is 0 Å². The number of allylic oxidation sites excluding steroid dienone is 4. The van der Waals surface area contributed by atoms with Crippen LogP contribution in [0.3, 0.4) is 0 Å². The molecular weight excluding hydrogens is 820 g/mol. The largest absolute Gasteiger partial charge is 1.00 e. The molecule has 0 saturated heterocycles. The van der Waals surface area contributed by atoms with Crippen LogP contribution >= 0.6 is 7.81 Å². The Morgan fingerprint density at radius 3 is 1.96 bits per heavy atom. The van der Waals surface area contributed by atoms with Crippen LogP contribution in [0.25, 0.3) is 0 Å². The molecule has 4 atom stereocenters. The number of alkyl carbamates (subject to hydrolysis) is 1. The van der Waals surface area contributed by atoms with Crippen LogP contribution in [0.2, 0.25) is 0 Å². The number of rotatable bonds is 4. The number of benzene rings is 2. The summed E-state index contributed by atoms with van der Waals surface area (Å²) >= 11 is 0. The minimum Gasteiger partial charge on any atom is -0.0767 e. The first-order chi connectivity index (χ1) is 23.8. The van der Waals surface area contributed by atoms with E-state index in [1.54, 1.807) is 63.2 Å². The van der Waals surface area contributed by atoms with Crippen LogP contribution in [-0.4, -0.2) is 54.7 Å². The predicted octanol–water partition coefficient (Wildman–Crippen LogP) is 8.36. The number of esters is 1. The molecule has 5 rings (SSSR count). The molecule has 4 bridgehead atoms. The van der Waals surface area contributed by atoms with Gasteiger partial charge in [0.05, 0.1) is 7.11 Å². The zero-order chi connectivity index (χ0) is 39.4. The maximum Gasteiger partial charge on any atom is 1.00 e. The van der Waals surface area contributed by atoms with E-state index >= 15 is 0 Å². The van der Waals surface area contributed by atoms with E-state index in [0.29, 0.717) is 17.9 Å². The van der Waals surface area contributed by atoms with Crippen molar-refractivity contribution in [1.82, 2.24) is 16.0 Å². The standard InChI is InChI=1S/C30H39N3O7.C5H5.F6P.Ru/c1-7-18(2)25-27(35)31-24(28(36)38-6)17-20-9-8-10-22(15-20)39-21-13-11-19(12-14-21)16-23(26(34)33-25)32-29(37)40-30(3,4)5;1-2-4-5-3-1;1-7(2,3,4,5)6;/h8-15,18,23-25H,7,16-17H2,1-6H3,(H,31,35)(H,32,37)(H,33,34);1-5H;;/q;;-1;+1/t18?,23-,24-,25-;;;/m0.../s1. The van der Waals surface area contributed by atoms with Crippen LogP contribution in [-0.2, 0) is 56.2 Å². The van der Waals surface area contributed by atoms with Crippen LogP contribution in [0.4, 0.5) is 30.0 Å². The Balaban J connectivity index is 0.000000918. The van der Waals surface area contributed by atoms with Crippen molar-refractivity contribution in [2.45, 2.75) is 77.6 Å². The topological polar surface area (TPSA) is 132 Å². The van der Waals surface area contributed by atoms with Crippen molar-refractivity contribution in [2.75, 3.05) is 7.11 Å². The first kappa shape index (κ1) is 47.1. The average molecular weight is 865 g/mol. The summed E-state index contributed by atoms with van der Waals surface area (Å²) < 4.78 is 75.5. The maximum absolute atomic E-state index is 13.6. The van der Waals surface area contributed by atoms with Crippen LogP contribution in [0.1, 0.15) is 52.2 Å². The normalized spacial score (nSPS) is 20.3. The number of hydrogen-bond donors (Lipinski definition) is 3. The van der Waals surface area contributed by atoms with Gasteiger partial charge < -0.3 is 30.2 Å². The monoisotopic (exact) mass is 865 g/mol. The summed E-state index contributed by atoms with van der Waals surface area (Å²) in [7, 11) is -9.41. The molecule has 2 radical (unpaired) electrons. The Morgan fingerprint density at radius 2 is 1.47 bits per heavy atom. The van der Waals surface area contributed by atoms with E-state index in [2.05, 4.69) is 16.0 Å². The van der Waals surface area contributed by atoms with Crippen LogP contribution < -0.4 is 20.7 Å². The number of methoxy groups -OCH3 is 1. The smallest absolute Gasteiger partial charge is 0.0767 e. The van der Waals surface area contributed by atoms with Crippen LogP contribution in [0.15, 0.2) is 72.8 Å². The van der Waals surface area contributed by atoms with Gasteiger partial charge in [0.2, 0.25) is 11.8 Å². The summed E-state index contributed by atoms with van der Waals surface area (Å²) in [5.74, 6) is -0.856. The van der Waals surface area contributed by atoms with E-state index in [9.17, 15) is 44.4 Å². The van der Waals surface area contributed by atoms with E-state index in [4.69, 9.17) is 14.2 Å². The van der Waals surface area contributed by atoms with E-state index in [-0.39, 0.29) is 38.2 Å². The molecule has 2 aromatic rings. The average Bonchev–Trinajstić information content (AvgIpc) is 3.61. The van der Waals surface area contributed by atoms with E-state index in [1.807, 2.05) is 50.6 Å². The molecule has 0 aromatic heterocycles. The number of carbonyl (C=O) groups is 4. The predicted molar refractivity (Wildman–Crippen MR) is 185 cm³/mol. The Kier molecular flexibility index (Phi) is 16.8. The number of hydrogen-bond acceptors (Lipinski definition) is 7. The molecule has 0 saturated carbocycles. The molecule has 1 aliphatic carbocycles. The molecule has 0 spiro atoms. The second-order valence-corrected chi connectivity index (χ2v) is 14.8. The van der Waals surface area contributed by atoms with Crippen molar-refractivity contribution >= 4 is 31.7 Å². The van der Waals surface area contributed by atoms with Gasteiger partial charge in [-0.3, -0.25) is 9.59 Å². The molecule has 53 heavy (non-hydrogen) atoms. The van der Waals surface area contributed by atoms with Crippen molar-refractivity contribution in [2.24, 2.45) is 5.92 Å². The summed E-state index contributed by atoms with van der Waals surface area (Å²) in [6.45, 7) is 8.90. The van der Waals surface area contributed by atoms with Gasteiger partial charge in [0.1, 0.15) is 35.2 Å². The van der Waals surface area contributed by atoms with E-state index in [0.717, 1.165) is 11.1 Å². The molecule has 296 valence electrons. The van der Waals surface area contributed by atoms with Crippen molar-refractivity contribution in [3.8, 4) is 11.5 Å². The quantitative estimate of drug-likeness (QED) is 0.122. The van der Waals surface area contributed by atoms with Crippen LogP contribution in [0, 0.1) is 12.3 Å². The second kappa shape index (κ2) is 18.9. The molecule has 18 heteroatoms. The zero-order valence-corrected chi connectivity index (χ0v) is 32.5. The van der Waals surface area contributed by atoms with Crippen LogP contribution in [0.5, 0.6) is 11.5 Å². The summed E-state index contributed by atoms with van der Waals surface area (Å²) in [6, 6.07) is 11.4. The summed E-state index contributed by atoms with van der Waals surface area (Å²) in [4.78, 5) is 52.4. The van der Waals surface area contributed by atoms with Crippen molar-refractivity contribution in [3.05, 3.63) is 90.4 Å². The number of fused-ring (bicyclic) bond motifs is 10. The molecule has 3 aliphatic rings. The fourth-order valence-electron chi connectivity index (χ4n) is 4.57. The number of halogens is 6. The number of amides is 3. The number of nitrogens with one attached hydrogen (secondary N) is 3. The molecule has 1 unspecified atom stereocenters. The van der Waals surface area contributed by atoms with Crippen molar-refractivity contribution in [1.29, 1.82) is 0 Å². The first-order valence-electron chi connectivity index (χ1n) is 16.1. The summed E-state index contributed by atoms with van der Waals surface area (Å²) in [5, 5.41) is 8.21. The second-order valence-electron chi connectivity index (χ2n) is 12.9. The van der Waals surface area contributed by atoms with Gasteiger partial charge in [-0.15, -0.1) is 0 Å². The Morgan fingerprint density at radius 1 is 0.887 bits per heavy atom. The summed E-state index contributed by atoms with van der Waals surface area (Å²) in [6.07, 6.45) is 10.1. The van der Waals surface area contributed by atoms with Crippen molar-refractivity contribution in [3.63, 3.8) is 0 Å². The molecule has 10 nitrogen and oxygen atoms in total. The molecule has 2 aliphatic heterocycles. The fraction of sp³-hybridized carbons (Fsp3) is 0.400. The minimum atomic E-state index is -10.7. The Labute approximate surface area is 317 Å². The third-order valence-electron chi connectivity index (χ3n) is 7.10. The Hall–Kier alpha value is -3.97. The van der Waals surface area contributed by atoms with Gasteiger partial charge >= 0.3 is 64.5 Å². The first-order valence-corrected chi connectivity index (χ1v) is 18.1. The van der Waals surface area contributed by atoms with Crippen molar-refractivity contribution < 1.29 is 78.0 Å². The van der Waals surface area contributed by atoms with E-state index < -0.39 is 55.4 Å². The molecule has 0 fully saturated rings. The molecule has 3 amide bonds. The Bertz CT molecular complexity index is 1600. The van der Waals surface area contributed by atoms with E-state index in [1.165, 1.54) is 7.11 Å². The SMILES string of the molecule is CCC(C)[C@@H]1NC(=O)[C@@H](NC(=O)OC(C)(C)C)Cc2ccc(cc2)Oc2cccc(c2)C[C@@H](C(=O)OC)NC1=O.F[P-](F)(F)(F)(F)F.[CH]1C=CC=C1.[Ru+]. The molecule has 2 aromatic carbocycles. The third kappa shape index (κ3) is 20.8. The van der Waals surface area contributed by atoms with Gasteiger partial charge in [0, 0.05) is 19.3 Å². The molecule has 3 N–H and O–H groups in total. The zero-order valence-electron chi connectivity index (χ0n) is 29.9. The number of carbonyl (C=O) groups excluding carboxylic acids is 4. The number of ether oxygens (including phenoxy) is 3. The van der Waals surface area contributed by atoms with Gasteiger partial charge in [-0.05, 0) is 62.1 Å². The van der Waals surface area contributed by atoms with Gasteiger partial charge in [-0.1, -0.05) is 68.8 Å². The van der Waals surface area contributed by atoms with Gasteiger partial charge in [0.15, 0.2) is 0 Å². The molecular formula is C35H44F6N3O7PRu. The van der Waals surface area contributed by atoms with Gasteiger partial charge in [-0.25, -0.2) is 9.59 Å². The molecule has 2 heterocycles. The minimum absolute atomic E-state index is 0. The fourth-order valence-corrected chi connectivity index (χ4v) is 4.57. The third-order valence-corrected chi connectivity index (χ3v) is 7.10. The maximum atomic E-state index is 13.6. The summed E-state index contributed by atoms with van der Waals surface area (Å²) in [5.41, 5.74) is 0.742. The van der Waals surface area contributed by atoms with Gasteiger partial charge in [0.25, 0.3) is 0 Å².